The summed E-state index contributed by atoms with van der Waals surface area (Å²) in [5.41, 5.74) is 3.84. The summed E-state index contributed by atoms with van der Waals surface area (Å²) < 4.78 is 10.2. The molecule has 0 bridgehead atoms. The Morgan fingerprint density at radius 2 is 1.79 bits per heavy atom. The van der Waals surface area contributed by atoms with Gasteiger partial charge in [0.1, 0.15) is 12.3 Å². The molecule has 2 heterocycles. The lowest BCUT2D eigenvalue weighted by atomic mass is 10.0. The zero-order chi connectivity index (χ0) is 23.8. The number of nitrogens with one attached hydrogen (secondary N) is 1. The molecule has 0 saturated carbocycles. The lowest BCUT2D eigenvalue weighted by Crippen LogP contribution is -2.27. The van der Waals surface area contributed by atoms with Gasteiger partial charge in [0.25, 0.3) is 5.56 Å². The third-order valence-corrected chi connectivity index (χ3v) is 6.43. The van der Waals surface area contributed by atoms with E-state index in [1.807, 2.05) is 72.8 Å². The molecule has 0 unspecified atom stereocenters. The van der Waals surface area contributed by atoms with Crippen LogP contribution in [0.25, 0.3) is 5.69 Å². The van der Waals surface area contributed by atoms with Gasteiger partial charge >= 0.3 is 0 Å². The van der Waals surface area contributed by atoms with Crippen molar-refractivity contribution in [1.82, 2.24) is 9.36 Å². The first-order valence-corrected chi connectivity index (χ1v) is 12.0. The van der Waals surface area contributed by atoms with Crippen molar-refractivity contribution in [2.45, 2.75) is 32.7 Å². The lowest BCUT2D eigenvalue weighted by Gasteiger charge is -2.20. The molecule has 7 heteroatoms. The Balaban J connectivity index is 1.52. The molecule has 0 aliphatic carbocycles. The Bertz CT molecular complexity index is 1420. The minimum Gasteiger partial charge on any atom is -0.439 e. The maximum absolute atomic E-state index is 13.5. The number of aromatic nitrogens is 2. The Hall–Kier alpha value is -3.58. The molecule has 1 aromatic heterocycles. The minimum atomic E-state index is -0.245. The highest BCUT2D eigenvalue weighted by Gasteiger charge is 2.29. The van der Waals surface area contributed by atoms with Gasteiger partial charge in [-0.3, -0.25) is 9.59 Å². The Morgan fingerprint density at radius 1 is 1.06 bits per heavy atom. The molecule has 0 fully saturated rings. The van der Waals surface area contributed by atoms with Gasteiger partial charge in [-0.2, -0.15) is 0 Å². The number of benzene rings is 3. The van der Waals surface area contributed by atoms with Crippen LogP contribution in [0.5, 0.6) is 11.6 Å². The molecule has 1 aliphatic heterocycles. The summed E-state index contributed by atoms with van der Waals surface area (Å²) in [6.07, 6.45) is 0.432. The zero-order valence-electron chi connectivity index (χ0n) is 18.9. The van der Waals surface area contributed by atoms with Crippen molar-refractivity contribution < 1.29 is 9.53 Å². The molecule has 6 nitrogen and oxygen atoms in total. The number of anilines is 1. The topological polar surface area (TPSA) is 65.3 Å². The fourth-order valence-corrected chi connectivity index (χ4v) is 4.59. The molecule has 3 aromatic carbocycles. The van der Waals surface area contributed by atoms with Crippen LogP contribution < -0.4 is 15.6 Å². The van der Waals surface area contributed by atoms with Crippen molar-refractivity contribution in [2.75, 3.05) is 5.32 Å². The van der Waals surface area contributed by atoms with E-state index >= 15 is 0 Å². The Labute approximate surface area is 205 Å². The number of rotatable bonds is 5. The molecule has 0 spiro atoms. The predicted molar refractivity (Wildman–Crippen MR) is 136 cm³/mol. The summed E-state index contributed by atoms with van der Waals surface area (Å²) in [6, 6.07) is 22.8. The number of ether oxygens (including phenoxy) is 1. The van der Waals surface area contributed by atoms with E-state index < -0.39 is 0 Å². The zero-order valence-corrected chi connectivity index (χ0v) is 20.5. The van der Waals surface area contributed by atoms with E-state index in [1.54, 1.807) is 4.68 Å². The van der Waals surface area contributed by atoms with E-state index in [2.05, 4.69) is 35.1 Å². The SMILES string of the molecule is CC(C)c1ccc(NC(=O)Cn2c3c(c(=O)n2-c2ccccc2)Cc2cc(Br)ccc2O3)cc1. The first kappa shape index (κ1) is 22.2. The van der Waals surface area contributed by atoms with Crippen molar-refractivity contribution in [1.29, 1.82) is 0 Å². The molecule has 1 amide bonds. The van der Waals surface area contributed by atoms with Gasteiger partial charge in [0.2, 0.25) is 11.8 Å². The lowest BCUT2D eigenvalue weighted by molar-refractivity contribution is -0.117. The quantitative estimate of drug-likeness (QED) is 0.317. The standard InChI is InChI=1S/C27H24BrN3O3/c1-17(2)18-8-11-21(12-9-18)29-25(32)16-30-27-23(15-19-14-20(28)10-13-24(19)34-27)26(33)31(30)22-6-4-3-5-7-22/h3-14,17H,15-16H2,1-2H3,(H,29,32). The van der Waals surface area contributed by atoms with Crippen molar-refractivity contribution >= 4 is 27.5 Å². The normalized spacial score (nSPS) is 12.1. The molecule has 1 aliphatic rings. The fourth-order valence-electron chi connectivity index (χ4n) is 4.18. The number of nitrogens with zero attached hydrogens (tertiary/aromatic N) is 2. The third-order valence-electron chi connectivity index (χ3n) is 5.94. The largest absolute Gasteiger partial charge is 0.439 e. The predicted octanol–water partition coefficient (Wildman–Crippen LogP) is 5.86. The van der Waals surface area contributed by atoms with Crippen LogP contribution in [0.4, 0.5) is 5.69 Å². The van der Waals surface area contributed by atoms with Gasteiger partial charge in [0.15, 0.2) is 0 Å². The van der Waals surface area contributed by atoms with E-state index in [1.165, 1.54) is 10.2 Å². The monoisotopic (exact) mass is 517 g/mol. The number of amides is 1. The van der Waals surface area contributed by atoms with Crippen LogP contribution in [0.1, 0.15) is 36.5 Å². The molecule has 4 aromatic rings. The van der Waals surface area contributed by atoms with Gasteiger partial charge in [0, 0.05) is 22.1 Å². The number of para-hydroxylation sites is 1. The second kappa shape index (κ2) is 8.99. The summed E-state index contributed by atoms with van der Waals surface area (Å²) in [7, 11) is 0. The van der Waals surface area contributed by atoms with Crippen LogP contribution in [-0.2, 0) is 17.8 Å². The molecular weight excluding hydrogens is 494 g/mol. The average molecular weight is 518 g/mol. The second-order valence-electron chi connectivity index (χ2n) is 8.65. The summed E-state index contributed by atoms with van der Waals surface area (Å²) >= 11 is 3.48. The van der Waals surface area contributed by atoms with Crippen LogP contribution in [0.15, 0.2) is 82.1 Å². The highest BCUT2D eigenvalue weighted by molar-refractivity contribution is 9.10. The highest BCUT2D eigenvalue weighted by atomic mass is 79.9. The number of halogens is 1. The average Bonchev–Trinajstić information content (AvgIpc) is 3.09. The summed E-state index contributed by atoms with van der Waals surface area (Å²) in [5, 5.41) is 2.94. The summed E-state index contributed by atoms with van der Waals surface area (Å²) in [5.74, 6) is 1.25. The first-order valence-electron chi connectivity index (χ1n) is 11.2. The van der Waals surface area contributed by atoms with Crippen LogP contribution in [-0.4, -0.2) is 15.3 Å². The Morgan fingerprint density at radius 3 is 2.50 bits per heavy atom. The Kier molecular flexibility index (Phi) is 5.87. The van der Waals surface area contributed by atoms with E-state index in [-0.39, 0.29) is 18.0 Å². The van der Waals surface area contributed by atoms with E-state index in [4.69, 9.17) is 4.74 Å². The molecular formula is C27H24BrN3O3. The highest BCUT2D eigenvalue weighted by Crippen LogP contribution is 2.37. The summed E-state index contributed by atoms with van der Waals surface area (Å²) in [6.45, 7) is 4.18. The maximum Gasteiger partial charge on any atom is 0.278 e. The van der Waals surface area contributed by atoms with Gasteiger partial charge < -0.3 is 10.1 Å². The number of hydrogen-bond acceptors (Lipinski definition) is 3. The smallest absolute Gasteiger partial charge is 0.278 e. The minimum absolute atomic E-state index is 0.0722. The maximum atomic E-state index is 13.5. The van der Waals surface area contributed by atoms with E-state index in [0.29, 0.717) is 40.9 Å². The summed E-state index contributed by atoms with van der Waals surface area (Å²) in [4.78, 5) is 26.5. The van der Waals surface area contributed by atoms with Crippen molar-refractivity contribution in [2.24, 2.45) is 0 Å². The number of carbonyl (C=O) groups is 1. The van der Waals surface area contributed by atoms with Crippen LogP contribution >= 0.6 is 15.9 Å². The second-order valence-corrected chi connectivity index (χ2v) is 9.57. The molecule has 0 radical (unpaired) electrons. The van der Waals surface area contributed by atoms with Crippen LogP contribution in [0, 0.1) is 0 Å². The number of hydrogen-bond donors (Lipinski definition) is 1. The van der Waals surface area contributed by atoms with E-state index in [9.17, 15) is 9.59 Å². The molecule has 5 rings (SSSR count). The fraction of sp³-hybridized carbons (Fsp3) is 0.185. The van der Waals surface area contributed by atoms with Crippen LogP contribution in [0.3, 0.4) is 0 Å². The number of fused-ring (bicyclic) bond motifs is 2. The van der Waals surface area contributed by atoms with Crippen molar-refractivity contribution in [3.05, 3.63) is 104 Å². The molecule has 34 heavy (non-hydrogen) atoms. The van der Waals surface area contributed by atoms with Gasteiger partial charge in [-0.1, -0.05) is 60.1 Å². The molecule has 0 atom stereocenters. The van der Waals surface area contributed by atoms with Gasteiger partial charge in [-0.15, -0.1) is 0 Å². The molecule has 0 saturated heterocycles. The van der Waals surface area contributed by atoms with E-state index in [0.717, 1.165) is 10.0 Å². The van der Waals surface area contributed by atoms with Gasteiger partial charge in [0.05, 0.1) is 11.3 Å². The third kappa shape index (κ3) is 4.19. The van der Waals surface area contributed by atoms with Crippen molar-refractivity contribution in [3.63, 3.8) is 0 Å². The van der Waals surface area contributed by atoms with Crippen molar-refractivity contribution in [3.8, 4) is 17.3 Å². The first-order chi connectivity index (χ1) is 16.4. The molecule has 172 valence electrons. The van der Waals surface area contributed by atoms with Gasteiger partial charge in [-0.05, 0) is 53.9 Å². The van der Waals surface area contributed by atoms with Crippen LogP contribution in [0.2, 0.25) is 0 Å². The number of carbonyl (C=O) groups excluding carboxylic acids is 1. The molecule has 1 N–H and O–H groups in total. The van der Waals surface area contributed by atoms with Gasteiger partial charge in [-0.25, -0.2) is 9.36 Å².